The Hall–Kier alpha value is -0.620. The van der Waals surface area contributed by atoms with Crippen molar-refractivity contribution in [1.29, 1.82) is 0 Å². The quantitative estimate of drug-likeness (QED) is 0.818. The summed E-state index contributed by atoms with van der Waals surface area (Å²) in [5.74, 6) is 0. The maximum atomic E-state index is 9.19. The van der Waals surface area contributed by atoms with Gasteiger partial charge in [0.25, 0.3) is 10.1 Å². The van der Waals surface area contributed by atoms with Crippen LogP contribution in [-0.2, 0) is 16.5 Å². The first-order chi connectivity index (χ1) is 7.33. The van der Waals surface area contributed by atoms with Gasteiger partial charge in [-0.05, 0) is 30.5 Å². The van der Waals surface area contributed by atoms with Gasteiger partial charge >= 0.3 is 0 Å². The standard InChI is InChI=1S/C9H11ClO.CH4O3S/c10-9-5-3-8(4-6-9)2-1-7-11;1-5(2,3)4/h3-6,11H,1-2,7H2;1H3,(H,2,3,4). The minimum Gasteiger partial charge on any atom is -0.396 e. The molecule has 16 heavy (non-hydrogen) atoms. The van der Waals surface area contributed by atoms with Gasteiger partial charge in [0.2, 0.25) is 0 Å². The van der Waals surface area contributed by atoms with Crippen molar-refractivity contribution in [3.8, 4) is 0 Å². The van der Waals surface area contributed by atoms with Crippen LogP contribution in [0.5, 0.6) is 0 Å². The molecule has 4 nitrogen and oxygen atoms in total. The van der Waals surface area contributed by atoms with Crippen molar-refractivity contribution in [2.45, 2.75) is 12.8 Å². The molecule has 0 radical (unpaired) electrons. The molecule has 0 heterocycles. The summed E-state index contributed by atoms with van der Waals surface area (Å²) in [5.41, 5.74) is 1.23. The summed E-state index contributed by atoms with van der Waals surface area (Å²) >= 11 is 5.70. The van der Waals surface area contributed by atoms with Gasteiger partial charge in [0.1, 0.15) is 0 Å². The fraction of sp³-hybridized carbons (Fsp3) is 0.400. The lowest BCUT2D eigenvalue weighted by Gasteiger charge is -1.97. The Labute approximate surface area is 101 Å². The SMILES string of the molecule is CS(=O)(=O)O.OCCCc1ccc(Cl)cc1. The summed E-state index contributed by atoms with van der Waals surface area (Å²) in [6, 6.07) is 7.71. The largest absolute Gasteiger partial charge is 0.396 e. The van der Waals surface area contributed by atoms with Gasteiger partial charge < -0.3 is 5.11 Å². The van der Waals surface area contributed by atoms with E-state index in [1.807, 2.05) is 24.3 Å². The van der Waals surface area contributed by atoms with Crippen molar-refractivity contribution in [3.05, 3.63) is 34.9 Å². The number of aliphatic hydroxyl groups excluding tert-OH is 1. The van der Waals surface area contributed by atoms with Gasteiger partial charge in [-0.3, -0.25) is 4.55 Å². The molecular formula is C10H15ClO4S. The fourth-order valence-corrected chi connectivity index (χ4v) is 1.06. The van der Waals surface area contributed by atoms with E-state index in [-0.39, 0.29) is 6.61 Å². The van der Waals surface area contributed by atoms with Crippen molar-refractivity contribution in [1.82, 2.24) is 0 Å². The predicted molar refractivity (Wildman–Crippen MR) is 64.3 cm³/mol. The highest BCUT2D eigenvalue weighted by atomic mass is 35.5. The molecule has 2 N–H and O–H groups in total. The van der Waals surface area contributed by atoms with Crippen LogP contribution in [0.15, 0.2) is 24.3 Å². The van der Waals surface area contributed by atoms with E-state index in [4.69, 9.17) is 21.3 Å². The third-order valence-corrected chi connectivity index (χ3v) is 1.79. The number of aliphatic hydroxyl groups is 1. The number of hydrogen-bond donors (Lipinski definition) is 2. The van der Waals surface area contributed by atoms with Crippen LogP contribution in [0.1, 0.15) is 12.0 Å². The van der Waals surface area contributed by atoms with E-state index < -0.39 is 10.1 Å². The highest BCUT2D eigenvalue weighted by Crippen LogP contribution is 2.10. The second-order valence-electron chi connectivity index (χ2n) is 3.19. The molecule has 6 heteroatoms. The maximum Gasteiger partial charge on any atom is 0.261 e. The highest BCUT2D eigenvalue weighted by molar-refractivity contribution is 7.85. The second-order valence-corrected chi connectivity index (χ2v) is 5.09. The van der Waals surface area contributed by atoms with Crippen LogP contribution in [0.3, 0.4) is 0 Å². The van der Waals surface area contributed by atoms with E-state index in [0.717, 1.165) is 17.9 Å². The zero-order chi connectivity index (χ0) is 12.6. The van der Waals surface area contributed by atoms with Gasteiger partial charge in [0.05, 0.1) is 6.26 Å². The Bertz CT molecular complexity index is 378. The maximum absolute atomic E-state index is 9.19. The molecule has 0 saturated heterocycles. The summed E-state index contributed by atoms with van der Waals surface area (Å²) in [6.07, 6.45) is 2.46. The van der Waals surface area contributed by atoms with Crippen molar-refractivity contribution in [3.63, 3.8) is 0 Å². The van der Waals surface area contributed by atoms with E-state index in [1.165, 1.54) is 5.56 Å². The van der Waals surface area contributed by atoms with E-state index in [2.05, 4.69) is 0 Å². The molecule has 0 amide bonds. The molecule has 1 aromatic rings. The average molecular weight is 267 g/mol. The fourth-order valence-electron chi connectivity index (χ4n) is 0.934. The summed E-state index contributed by atoms with van der Waals surface area (Å²) in [7, 11) is -3.67. The first kappa shape index (κ1) is 15.4. The number of benzene rings is 1. The summed E-state index contributed by atoms with van der Waals surface area (Å²) < 4.78 is 25.9. The topological polar surface area (TPSA) is 74.6 Å². The minimum absolute atomic E-state index is 0.253. The van der Waals surface area contributed by atoms with Crippen molar-refractivity contribution < 1.29 is 18.1 Å². The van der Waals surface area contributed by atoms with E-state index in [1.54, 1.807) is 0 Å². The van der Waals surface area contributed by atoms with Crippen LogP contribution >= 0.6 is 11.6 Å². The Kier molecular flexibility index (Phi) is 7.33. The second kappa shape index (κ2) is 7.62. The highest BCUT2D eigenvalue weighted by Gasteiger charge is 1.91. The van der Waals surface area contributed by atoms with Gasteiger partial charge in [-0.15, -0.1) is 0 Å². The molecule has 0 aliphatic rings. The zero-order valence-electron chi connectivity index (χ0n) is 8.93. The first-order valence-electron chi connectivity index (χ1n) is 4.60. The molecule has 0 unspecified atom stereocenters. The molecule has 0 fully saturated rings. The van der Waals surface area contributed by atoms with Gasteiger partial charge in [-0.2, -0.15) is 8.42 Å². The molecule has 1 rings (SSSR count). The molecule has 0 aromatic heterocycles. The van der Waals surface area contributed by atoms with Gasteiger partial charge in [0.15, 0.2) is 0 Å². The minimum atomic E-state index is -3.67. The lowest BCUT2D eigenvalue weighted by atomic mass is 10.1. The molecule has 0 aliphatic heterocycles. The molecule has 1 aromatic carbocycles. The smallest absolute Gasteiger partial charge is 0.261 e. The van der Waals surface area contributed by atoms with Crippen LogP contribution in [-0.4, -0.2) is 30.9 Å². The van der Waals surface area contributed by atoms with Crippen LogP contribution in [0.2, 0.25) is 5.02 Å². The number of hydrogen-bond acceptors (Lipinski definition) is 3. The Morgan fingerprint density at radius 1 is 1.25 bits per heavy atom. The van der Waals surface area contributed by atoms with Gasteiger partial charge in [-0.25, -0.2) is 0 Å². The van der Waals surface area contributed by atoms with E-state index in [9.17, 15) is 8.42 Å². The third-order valence-electron chi connectivity index (χ3n) is 1.54. The predicted octanol–water partition coefficient (Wildman–Crippen LogP) is 1.77. The summed E-state index contributed by atoms with van der Waals surface area (Å²) in [4.78, 5) is 0. The third kappa shape index (κ3) is 11.5. The van der Waals surface area contributed by atoms with E-state index >= 15 is 0 Å². The Balaban J connectivity index is 0.000000385. The molecule has 0 atom stereocenters. The van der Waals surface area contributed by atoms with Crippen LogP contribution in [0, 0.1) is 0 Å². The van der Waals surface area contributed by atoms with Crippen molar-refractivity contribution in [2.24, 2.45) is 0 Å². The zero-order valence-corrected chi connectivity index (χ0v) is 10.5. The Morgan fingerprint density at radius 3 is 2.06 bits per heavy atom. The molecule has 0 aliphatic carbocycles. The van der Waals surface area contributed by atoms with E-state index in [0.29, 0.717) is 6.26 Å². The van der Waals surface area contributed by atoms with Crippen molar-refractivity contribution >= 4 is 21.7 Å². The van der Waals surface area contributed by atoms with Crippen LogP contribution in [0.4, 0.5) is 0 Å². The van der Waals surface area contributed by atoms with Gasteiger partial charge in [0, 0.05) is 11.6 Å². The number of aryl methyl sites for hydroxylation is 1. The first-order valence-corrected chi connectivity index (χ1v) is 6.83. The molecule has 92 valence electrons. The summed E-state index contributed by atoms with van der Waals surface area (Å²) in [6.45, 7) is 0.253. The molecule has 0 bridgehead atoms. The monoisotopic (exact) mass is 266 g/mol. The molecule has 0 spiro atoms. The lowest BCUT2D eigenvalue weighted by molar-refractivity contribution is 0.288. The van der Waals surface area contributed by atoms with Crippen LogP contribution < -0.4 is 0 Å². The number of rotatable bonds is 3. The van der Waals surface area contributed by atoms with Crippen molar-refractivity contribution in [2.75, 3.05) is 12.9 Å². The Morgan fingerprint density at radius 2 is 1.69 bits per heavy atom. The van der Waals surface area contributed by atoms with Gasteiger partial charge in [-0.1, -0.05) is 23.7 Å². The van der Waals surface area contributed by atoms with Crippen LogP contribution in [0.25, 0.3) is 0 Å². The lowest BCUT2D eigenvalue weighted by Crippen LogP contribution is -1.88. The molecular weight excluding hydrogens is 252 g/mol. The summed E-state index contributed by atoms with van der Waals surface area (Å²) in [5, 5.41) is 9.32. The molecule has 0 saturated carbocycles. The number of halogens is 1. The average Bonchev–Trinajstić information content (AvgIpc) is 2.14. The normalized spacial score (nSPS) is 10.5.